The van der Waals surface area contributed by atoms with E-state index in [-0.39, 0.29) is 54.0 Å². The predicted molar refractivity (Wildman–Crippen MR) is 158 cm³/mol. The quantitative estimate of drug-likeness (QED) is 0.129. The third-order valence-electron chi connectivity index (χ3n) is 6.87. The van der Waals surface area contributed by atoms with Crippen LogP contribution < -0.4 is 14.4 Å². The number of amides is 2. The molecule has 2 amide bonds. The van der Waals surface area contributed by atoms with E-state index in [2.05, 4.69) is 15.1 Å². The minimum Gasteiger partial charge on any atom is -0.483 e. The van der Waals surface area contributed by atoms with Crippen molar-refractivity contribution in [1.82, 2.24) is 19.7 Å². The summed E-state index contributed by atoms with van der Waals surface area (Å²) in [6.45, 7) is 1.27. The summed E-state index contributed by atoms with van der Waals surface area (Å²) in [6.07, 6.45) is 3.35. The van der Waals surface area contributed by atoms with E-state index in [1.807, 2.05) is 0 Å². The molecular formula is C32H25N5O8. The smallest absolute Gasteiger partial charge is 0.337 e. The van der Waals surface area contributed by atoms with Crippen molar-refractivity contribution in [3.05, 3.63) is 102 Å². The van der Waals surface area contributed by atoms with Crippen LogP contribution in [0.5, 0.6) is 11.6 Å². The van der Waals surface area contributed by atoms with Gasteiger partial charge in [-0.15, -0.1) is 0 Å². The number of benzene rings is 2. The fourth-order valence-electron chi connectivity index (χ4n) is 4.80. The Morgan fingerprint density at radius 3 is 2.33 bits per heavy atom. The molecule has 0 spiro atoms. The molecule has 5 aromatic rings. The van der Waals surface area contributed by atoms with Crippen LogP contribution >= 0.6 is 0 Å². The van der Waals surface area contributed by atoms with Gasteiger partial charge in [0.1, 0.15) is 25.5 Å². The van der Waals surface area contributed by atoms with E-state index < -0.39 is 23.8 Å². The maximum Gasteiger partial charge on any atom is 0.337 e. The van der Waals surface area contributed by atoms with E-state index in [4.69, 9.17) is 18.9 Å². The summed E-state index contributed by atoms with van der Waals surface area (Å²) in [4.78, 5) is 60.4. The number of rotatable bonds is 10. The van der Waals surface area contributed by atoms with Crippen molar-refractivity contribution in [2.24, 2.45) is 0 Å². The van der Waals surface area contributed by atoms with Crippen molar-refractivity contribution < 1.29 is 38.1 Å². The molecule has 0 bridgehead atoms. The normalized spacial score (nSPS) is 12.3. The van der Waals surface area contributed by atoms with E-state index >= 15 is 0 Å². The number of hydrogen-bond donors (Lipinski definition) is 0. The highest BCUT2D eigenvalue weighted by molar-refractivity contribution is 6.34. The molecule has 13 heteroatoms. The molecule has 0 aliphatic carbocycles. The second-order valence-electron chi connectivity index (χ2n) is 9.74. The van der Waals surface area contributed by atoms with E-state index in [0.717, 1.165) is 4.90 Å². The topological polar surface area (TPSA) is 152 Å². The van der Waals surface area contributed by atoms with Crippen LogP contribution in [0.1, 0.15) is 43.7 Å². The van der Waals surface area contributed by atoms with Crippen LogP contribution in [0.2, 0.25) is 0 Å². The highest BCUT2D eigenvalue weighted by Crippen LogP contribution is 2.36. The van der Waals surface area contributed by atoms with Gasteiger partial charge in [-0.3, -0.25) is 14.4 Å². The lowest BCUT2D eigenvalue weighted by molar-refractivity contribution is -0.141. The monoisotopic (exact) mass is 607 g/mol. The molecule has 0 fully saturated rings. The molecule has 45 heavy (non-hydrogen) atoms. The van der Waals surface area contributed by atoms with Gasteiger partial charge in [-0.05, 0) is 48.5 Å². The summed E-state index contributed by atoms with van der Waals surface area (Å²) < 4.78 is 23.3. The molecule has 0 saturated carbocycles. The summed E-state index contributed by atoms with van der Waals surface area (Å²) in [5, 5.41) is 4.80. The molecule has 0 unspecified atom stereocenters. The average molecular weight is 608 g/mol. The molecule has 0 N–H and O–H groups in total. The van der Waals surface area contributed by atoms with Crippen LogP contribution in [0, 0.1) is 0 Å². The molecular weight excluding hydrogens is 582 g/mol. The first-order chi connectivity index (χ1) is 21.8. The highest BCUT2D eigenvalue weighted by atomic mass is 16.6. The molecule has 0 atom stereocenters. The Morgan fingerprint density at radius 1 is 0.867 bits per heavy atom. The molecule has 3 aromatic heterocycles. The third kappa shape index (κ3) is 5.78. The fraction of sp³-hybridized carbons (Fsp3) is 0.156. The molecule has 1 aliphatic heterocycles. The van der Waals surface area contributed by atoms with Crippen LogP contribution in [0.25, 0.3) is 16.6 Å². The zero-order valence-corrected chi connectivity index (χ0v) is 24.1. The SMILES string of the molecule is COC(=O)c1ccc2nc(N3C(=O)c4ccccc4C3=O)c(OCc3nc(OCCOC(C)=O)ccc3-n3cccn3)cc2c1. The Kier molecular flexibility index (Phi) is 7.89. The maximum absolute atomic E-state index is 13.5. The van der Waals surface area contributed by atoms with Gasteiger partial charge in [-0.1, -0.05) is 12.1 Å². The predicted octanol–water partition coefficient (Wildman–Crippen LogP) is 3.92. The maximum atomic E-state index is 13.5. The molecule has 226 valence electrons. The summed E-state index contributed by atoms with van der Waals surface area (Å²) in [7, 11) is 1.28. The van der Waals surface area contributed by atoms with Gasteiger partial charge in [-0.2, -0.15) is 5.10 Å². The number of ether oxygens (including phenoxy) is 4. The second kappa shape index (κ2) is 12.2. The molecule has 0 radical (unpaired) electrons. The molecule has 2 aromatic carbocycles. The molecule has 6 rings (SSSR count). The number of methoxy groups -OCH3 is 1. The number of carbonyl (C=O) groups excluding carboxylic acids is 4. The third-order valence-corrected chi connectivity index (χ3v) is 6.87. The summed E-state index contributed by atoms with van der Waals surface area (Å²) in [6, 6.07) is 18.0. The number of esters is 2. The number of anilines is 1. The number of imide groups is 1. The molecule has 1 aliphatic rings. The average Bonchev–Trinajstić information content (AvgIpc) is 3.68. The fourth-order valence-corrected chi connectivity index (χ4v) is 4.80. The minimum atomic E-state index is -0.544. The number of fused-ring (bicyclic) bond motifs is 2. The van der Waals surface area contributed by atoms with Crippen LogP contribution in [0.3, 0.4) is 0 Å². The Labute approximate surface area is 255 Å². The standard InChI is InChI=1S/C32H25N5O8/c1-19(38)43-14-15-44-28-11-10-26(36-13-5-12-33-36)25(34-28)18-45-27-17-21-16-20(32(41)42-2)8-9-24(21)35-29(27)37-30(39)22-6-3-4-7-23(22)31(37)40/h3-13,16-17H,14-15,18H2,1-2H3. The molecule has 4 heterocycles. The van der Waals surface area contributed by atoms with Crippen molar-refractivity contribution in [2.45, 2.75) is 13.5 Å². The lowest BCUT2D eigenvalue weighted by Crippen LogP contribution is -2.30. The lowest BCUT2D eigenvalue weighted by Gasteiger charge is -2.19. The van der Waals surface area contributed by atoms with E-state index in [1.165, 1.54) is 14.0 Å². The Balaban J connectivity index is 1.39. The van der Waals surface area contributed by atoms with Crippen LogP contribution in [0.15, 0.2) is 79.1 Å². The highest BCUT2D eigenvalue weighted by Gasteiger charge is 2.39. The minimum absolute atomic E-state index is 0.0195. The van der Waals surface area contributed by atoms with Crippen LogP contribution in [-0.2, 0) is 20.9 Å². The molecule has 13 nitrogen and oxygen atoms in total. The lowest BCUT2D eigenvalue weighted by atomic mass is 10.1. The van der Waals surface area contributed by atoms with Crippen molar-refractivity contribution in [2.75, 3.05) is 25.2 Å². The van der Waals surface area contributed by atoms with Gasteiger partial charge in [0.25, 0.3) is 11.8 Å². The first-order valence-electron chi connectivity index (χ1n) is 13.7. The zero-order chi connectivity index (χ0) is 31.5. The van der Waals surface area contributed by atoms with E-state index in [9.17, 15) is 19.2 Å². The number of hydrogen-bond acceptors (Lipinski definition) is 11. The van der Waals surface area contributed by atoms with Gasteiger partial charge in [0, 0.05) is 30.8 Å². The van der Waals surface area contributed by atoms with Crippen molar-refractivity contribution in [3.8, 4) is 17.3 Å². The van der Waals surface area contributed by atoms with Gasteiger partial charge >= 0.3 is 11.9 Å². The first kappa shape index (κ1) is 29.0. The Hall–Kier alpha value is -6.11. The number of aromatic nitrogens is 4. The second-order valence-corrected chi connectivity index (χ2v) is 9.74. The van der Waals surface area contributed by atoms with E-state index in [0.29, 0.717) is 22.3 Å². The zero-order valence-electron chi connectivity index (χ0n) is 24.1. The number of pyridine rings is 2. The van der Waals surface area contributed by atoms with Crippen LogP contribution in [0.4, 0.5) is 5.82 Å². The Morgan fingerprint density at radius 2 is 1.64 bits per heavy atom. The van der Waals surface area contributed by atoms with Crippen LogP contribution in [-0.4, -0.2) is 63.8 Å². The van der Waals surface area contributed by atoms with Crippen molar-refractivity contribution >= 4 is 40.5 Å². The Bertz CT molecular complexity index is 1920. The summed E-state index contributed by atoms with van der Waals surface area (Å²) in [5.41, 5.74) is 2.18. The number of carbonyl (C=O) groups is 4. The largest absolute Gasteiger partial charge is 0.483 e. The van der Waals surface area contributed by atoms with Crippen molar-refractivity contribution in [1.29, 1.82) is 0 Å². The van der Waals surface area contributed by atoms with Gasteiger partial charge in [0.2, 0.25) is 5.88 Å². The summed E-state index contributed by atoms with van der Waals surface area (Å²) in [5.74, 6) is -1.73. The van der Waals surface area contributed by atoms with Gasteiger partial charge in [-0.25, -0.2) is 24.3 Å². The number of nitrogens with zero attached hydrogens (tertiary/aromatic N) is 5. The van der Waals surface area contributed by atoms with Gasteiger partial charge < -0.3 is 18.9 Å². The molecule has 0 saturated heterocycles. The van der Waals surface area contributed by atoms with E-state index in [1.54, 1.807) is 83.8 Å². The van der Waals surface area contributed by atoms with Gasteiger partial charge in [0.05, 0.1) is 35.0 Å². The van der Waals surface area contributed by atoms with Crippen molar-refractivity contribution in [3.63, 3.8) is 0 Å². The van der Waals surface area contributed by atoms with Gasteiger partial charge in [0.15, 0.2) is 11.6 Å². The first-order valence-corrected chi connectivity index (χ1v) is 13.7. The summed E-state index contributed by atoms with van der Waals surface area (Å²) >= 11 is 0.